The number of benzene rings is 1. The van der Waals surface area contributed by atoms with Crippen LogP contribution in [0, 0.1) is 0 Å². The largest absolute Gasteiger partial charge is 0.319 e. The lowest BCUT2D eigenvalue weighted by molar-refractivity contribution is 0.102. The zero-order chi connectivity index (χ0) is 14.0. The van der Waals surface area contributed by atoms with Crippen molar-refractivity contribution >= 4 is 11.6 Å². The Kier molecular flexibility index (Phi) is 3.42. The quantitative estimate of drug-likeness (QED) is 0.899. The molecule has 19 heavy (non-hydrogen) atoms. The lowest BCUT2D eigenvalue weighted by Crippen LogP contribution is -2.15. The molecule has 0 radical (unpaired) electrons. The van der Waals surface area contributed by atoms with Crippen LogP contribution in [0.5, 0.6) is 0 Å². The number of anilines is 1. The van der Waals surface area contributed by atoms with E-state index >= 15 is 0 Å². The molecule has 0 bridgehead atoms. The molecule has 0 atom stereocenters. The predicted octanol–water partition coefficient (Wildman–Crippen LogP) is 2.97. The van der Waals surface area contributed by atoms with Gasteiger partial charge in [0.25, 0.3) is 5.91 Å². The zero-order valence-electron chi connectivity index (χ0n) is 11.8. The molecule has 1 heterocycles. The number of nitrogens with one attached hydrogen (secondary N) is 1. The van der Waals surface area contributed by atoms with Crippen molar-refractivity contribution < 1.29 is 4.79 Å². The van der Waals surface area contributed by atoms with Gasteiger partial charge in [0.1, 0.15) is 0 Å². The normalized spacial score (nSPS) is 11.4. The smallest absolute Gasteiger partial charge is 0.255 e. The minimum absolute atomic E-state index is 0.0323. The summed E-state index contributed by atoms with van der Waals surface area (Å²) in [5, 5.41) is 6.86. The molecule has 2 aromatic rings. The molecule has 0 unspecified atom stereocenters. The Balaban J connectivity index is 2.20. The second kappa shape index (κ2) is 4.88. The number of carbonyl (C=O) groups is 1. The third kappa shape index (κ3) is 3.22. The molecule has 0 spiro atoms. The second-order valence-electron chi connectivity index (χ2n) is 5.69. The Hall–Kier alpha value is -2.10. The maximum Gasteiger partial charge on any atom is 0.255 e. The summed E-state index contributed by atoms with van der Waals surface area (Å²) in [4.78, 5) is 12.2. The zero-order valence-corrected chi connectivity index (χ0v) is 11.8. The molecule has 100 valence electrons. The summed E-state index contributed by atoms with van der Waals surface area (Å²) in [6.45, 7) is 6.39. The van der Waals surface area contributed by atoms with E-state index in [1.54, 1.807) is 17.1 Å². The summed E-state index contributed by atoms with van der Waals surface area (Å²) in [5.41, 5.74) is 2.54. The fourth-order valence-electron chi connectivity index (χ4n) is 1.82. The number of hydrogen-bond acceptors (Lipinski definition) is 2. The molecule has 0 aliphatic heterocycles. The number of aromatic nitrogens is 2. The third-order valence-electron chi connectivity index (χ3n) is 2.95. The van der Waals surface area contributed by atoms with E-state index in [9.17, 15) is 4.79 Å². The van der Waals surface area contributed by atoms with Crippen molar-refractivity contribution in [2.45, 2.75) is 26.2 Å². The van der Waals surface area contributed by atoms with Crippen LogP contribution in [-0.2, 0) is 12.5 Å². The van der Waals surface area contributed by atoms with E-state index in [0.717, 1.165) is 5.56 Å². The van der Waals surface area contributed by atoms with Crippen LogP contribution in [0.15, 0.2) is 36.7 Å². The molecule has 1 amide bonds. The van der Waals surface area contributed by atoms with Crippen LogP contribution in [0.2, 0.25) is 0 Å². The summed E-state index contributed by atoms with van der Waals surface area (Å²) in [6.07, 6.45) is 3.40. The summed E-state index contributed by atoms with van der Waals surface area (Å²) in [5.74, 6) is -0.112. The number of aryl methyl sites for hydroxylation is 1. The molecule has 4 heteroatoms. The number of rotatable bonds is 2. The molecule has 0 fully saturated rings. The standard InChI is InChI=1S/C15H19N3O/c1-15(2,3)12-7-5-6-11(8-12)14(19)17-13-9-16-18(4)10-13/h5-10H,1-4H3,(H,17,19). The highest BCUT2D eigenvalue weighted by molar-refractivity contribution is 6.04. The van der Waals surface area contributed by atoms with Crippen LogP contribution in [0.1, 0.15) is 36.7 Å². The van der Waals surface area contributed by atoms with Gasteiger partial charge < -0.3 is 5.32 Å². The average molecular weight is 257 g/mol. The molecule has 0 aliphatic rings. The van der Waals surface area contributed by atoms with Gasteiger partial charge in [-0.1, -0.05) is 32.9 Å². The van der Waals surface area contributed by atoms with Crippen LogP contribution in [0.25, 0.3) is 0 Å². The van der Waals surface area contributed by atoms with Gasteiger partial charge in [-0.3, -0.25) is 9.48 Å². The molecular weight excluding hydrogens is 238 g/mol. The first-order valence-electron chi connectivity index (χ1n) is 6.27. The van der Waals surface area contributed by atoms with Crippen molar-refractivity contribution in [1.29, 1.82) is 0 Å². The molecule has 0 saturated carbocycles. The number of hydrogen-bond donors (Lipinski definition) is 1. The highest BCUT2D eigenvalue weighted by Crippen LogP contribution is 2.23. The third-order valence-corrected chi connectivity index (χ3v) is 2.95. The molecule has 0 aliphatic carbocycles. The SMILES string of the molecule is Cn1cc(NC(=O)c2cccc(C(C)(C)C)c2)cn1. The van der Waals surface area contributed by atoms with E-state index in [1.807, 2.05) is 31.3 Å². The number of nitrogens with zero attached hydrogens (tertiary/aromatic N) is 2. The van der Waals surface area contributed by atoms with E-state index < -0.39 is 0 Å². The fraction of sp³-hybridized carbons (Fsp3) is 0.333. The van der Waals surface area contributed by atoms with Crippen molar-refractivity contribution in [2.24, 2.45) is 7.05 Å². The average Bonchev–Trinajstić information content (AvgIpc) is 2.74. The first-order chi connectivity index (χ1) is 8.86. The van der Waals surface area contributed by atoms with E-state index in [-0.39, 0.29) is 11.3 Å². The molecular formula is C15H19N3O. The lowest BCUT2D eigenvalue weighted by Gasteiger charge is -2.19. The Morgan fingerprint density at radius 1 is 1.32 bits per heavy atom. The van der Waals surface area contributed by atoms with Crippen molar-refractivity contribution in [3.8, 4) is 0 Å². The minimum Gasteiger partial charge on any atom is -0.319 e. The van der Waals surface area contributed by atoms with E-state index in [2.05, 4.69) is 31.2 Å². The summed E-state index contributed by atoms with van der Waals surface area (Å²) >= 11 is 0. The lowest BCUT2D eigenvalue weighted by atomic mass is 9.86. The first kappa shape index (κ1) is 13.3. The second-order valence-corrected chi connectivity index (χ2v) is 5.69. The van der Waals surface area contributed by atoms with E-state index in [0.29, 0.717) is 11.3 Å². The summed E-state index contributed by atoms with van der Waals surface area (Å²) in [6, 6.07) is 7.71. The van der Waals surface area contributed by atoms with Gasteiger partial charge in [-0.15, -0.1) is 0 Å². The molecule has 1 aromatic heterocycles. The Labute approximate surface area is 113 Å². The van der Waals surface area contributed by atoms with Crippen LogP contribution in [0.3, 0.4) is 0 Å². The summed E-state index contributed by atoms with van der Waals surface area (Å²) < 4.78 is 1.65. The Morgan fingerprint density at radius 3 is 2.63 bits per heavy atom. The van der Waals surface area contributed by atoms with Crippen LogP contribution in [-0.4, -0.2) is 15.7 Å². The maximum absolute atomic E-state index is 12.2. The minimum atomic E-state index is -0.112. The van der Waals surface area contributed by atoms with Crippen LogP contribution < -0.4 is 5.32 Å². The van der Waals surface area contributed by atoms with Crippen LogP contribution >= 0.6 is 0 Å². The van der Waals surface area contributed by atoms with Gasteiger partial charge in [-0.25, -0.2) is 0 Å². The molecule has 4 nitrogen and oxygen atoms in total. The topological polar surface area (TPSA) is 46.9 Å². The van der Waals surface area contributed by atoms with Gasteiger partial charge >= 0.3 is 0 Å². The van der Waals surface area contributed by atoms with Crippen molar-refractivity contribution in [3.05, 3.63) is 47.8 Å². The van der Waals surface area contributed by atoms with Crippen molar-refractivity contribution in [3.63, 3.8) is 0 Å². The van der Waals surface area contributed by atoms with E-state index in [1.165, 1.54) is 0 Å². The van der Waals surface area contributed by atoms with Gasteiger partial charge in [-0.05, 0) is 23.1 Å². The van der Waals surface area contributed by atoms with E-state index in [4.69, 9.17) is 0 Å². The van der Waals surface area contributed by atoms with Gasteiger partial charge in [-0.2, -0.15) is 5.10 Å². The Bertz CT molecular complexity index is 593. The van der Waals surface area contributed by atoms with Gasteiger partial charge in [0, 0.05) is 18.8 Å². The van der Waals surface area contributed by atoms with Crippen molar-refractivity contribution in [2.75, 3.05) is 5.32 Å². The van der Waals surface area contributed by atoms with Crippen LogP contribution in [0.4, 0.5) is 5.69 Å². The Morgan fingerprint density at radius 2 is 2.05 bits per heavy atom. The van der Waals surface area contributed by atoms with Gasteiger partial charge in [0.2, 0.25) is 0 Å². The van der Waals surface area contributed by atoms with Crippen molar-refractivity contribution in [1.82, 2.24) is 9.78 Å². The number of amides is 1. The molecule has 1 aromatic carbocycles. The molecule has 0 saturated heterocycles. The maximum atomic E-state index is 12.2. The predicted molar refractivity (Wildman–Crippen MR) is 76.3 cm³/mol. The van der Waals surface area contributed by atoms with Gasteiger partial charge in [0.05, 0.1) is 11.9 Å². The monoisotopic (exact) mass is 257 g/mol. The highest BCUT2D eigenvalue weighted by Gasteiger charge is 2.15. The fourth-order valence-corrected chi connectivity index (χ4v) is 1.82. The highest BCUT2D eigenvalue weighted by atomic mass is 16.1. The molecule has 1 N–H and O–H groups in total. The van der Waals surface area contributed by atoms with Gasteiger partial charge in [0.15, 0.2) is 0 Å². The first-order valence-corrected chi connectivity index (χ1v) is 6.27. The number of carbonyl (C=O) groups excluding carboxylic acids is 1. The summed E-state index contributed by atoms with van der Waals surface area (Å²) in [7, 11) is 1.82. The molecule has 2 rings (SSSR count).